The maximum Gasteiger partial charge on any atom is 0.0385 e. The smallest absolute Gasteiger partial charge is 0.0385 e. The molecule has 4 rings (SSSR count). The van der Waals surface area contributed by atoms with Crippen LogP contribution in [0.15, 0.2) is 42.5 Å². The van der Waals surface area contributed by atoms with E-state index in [2.05, 4.69) is 37.3 Å². The molecule has 174 valence electrons. The molecule has 2 aliphatic rings. The number of benzene rings is 2. The van der Waals surface area contributed by atoms with Gasteiger partial charge in [0.05, 0.1) is 0 Å². The quantitative estimate of drug-likeness (QED) is 0.327. The molecule has 2 aliphatic carbocycles. The number of unbranched alkanes of at least 4 members (excludes halogenated alkanes) is 2. The van der Waals surface area contributed by atoms with Crippen molar-refractivity contribution in [3.05, 3.63) is 59.2 Å². The van der Waals surface area contributed by atoms with Crippen molar-refractivity contribution >= 4 is 11.4 Å². The van der Waals surface area contributed by atoms with E-state index in [-0.39, 0.29) is 0 Å². The number of nitrogens with two attached hydrogens (primary N) is 2. The second kappa shape index (κ2) is 11.3. The van der Waals surface area contributed by atoms with Crippen molar-refractivity contribution in [2.24, 2.45) is 17.8 Å². The average Bonchev–Trinajstić information content (AvgIpc) is 2.83. The summed E-state index contributed by atoms with van der Waals surface area (Å²) in [5, 5.41) is 0. The van der Waals surface area contributed by atoms with Crippen LogP contribution in [-0.4, -0.2) is 0 Å². The van der Waals surface area contributed by atoms with Crippen LogP contribution in [0.3, 0.4) is 0 Å². The molecule has 0 amide bonds. The van der Waals surface area contributed by atoms with E-state index in [0.29, 0.717) is 5.92 Å². The zero-order valence-corrected chi connectivity index (χ0v) is 20.2. The van der Waals surface area contributed by atoms with Crippen LogP contribution in [0.4, 0.5) is 11.4 Å². The molecular formula is C30H44N2. The van der Waals surface area contributed by atoms with E-state index in [9.17, 15) is 0 Å². The Labute approximate surface area is 196 Å². The molecule has 0 spiro atoms. The molecule has 0 radical (unpaired) electrons. The molecule has 2 fully saturated rings. The lowest BCUT2D eigenvalue weighted by Gasteiger charge is -2.38. The Morgan fingerprint density at radius 3 is 2.06 bits per heavy atom. The summed E-state index contributed by atoms with van der Waals surface area (Å²) in [4.78, 5) is 0. The Balaban J connectivity index is 1.29. The SMILES string of the molecule is CCCCCC1CCC(C2CCC(c3cccc(Cc4ccc(N)cc4)c3N)CC2)CC1. The minimum atomic E-state index is 0.642. The average molecular weight is 433 g/mol. The number of rotatable bonds is 8. The van der Waals surface area contributed by atoms with Gasteiger partial charge in [0.1, 0.15) is 0 Å². The van der Waals surface area contributed by atoms with Gasteiger partial charge in [-0.05, 0) is 97.4 Å². The molecule has 2 aromatic carbocycles. The van der Waals surface area contributed by atoms with Crippen molar-refractivity contribution in [1.29, 1.82) is 0 Å². The predicted molar refractivity (Wildman–Crippen MR) is 139 cm³/mol. The highest BCUT2D eigenvalue weighted by Crippen LogP contribution is 2.45. The van der Waals surface area contributed by atoms with Gasteiger partial charge in [-0.15, -0.1) is 0 Å². The highest BCUT2D eigenvalue weighted by molar-refractivity contribution is 5.57. The van der Waals surface area contributed by atoms with Gasteiger partial charge >= 0.3 is 0 Å². The summed E-state index contributed by atoms with van der Waals surface area (Å²) >= 11 is 0. The second-order valence-corrected chi connectivity index (χ2v) is 10.7. The fourth-order valence-electron chi connectivity index (χ4n) is 6.53. The topological polar surface area (TPSA) is 52.0 Å². The van der Waals surface area contributed by atoms with Crippen LogP contribution in [0.1, 0.15) is 107 Å². The van der Waals surface area contributed by atoms with Crippen molar-refractivity contribution in [3.8, 4) is 0 Å². The number of anilines is 2. The molecule has 4 N–H and O–H groups in total. The summed E-state index contributed by atoms with van der Waals surface area (Å²) < 4.78 is 0. The van der Waals surface area contributed by atoms with Crippen molar-refractivity contribution in [2.75, 3.05) is 11.5 Å². The Hall–Kier alpha value is -1.96. The third kappa shape index (κ3) is 5.88. The summed E-state index contributed by atoms with van der Waals surface area (Å²) in [6.07, 6.45) is 18.0. The molecule has 32 heavy (non-hydrogen) atoms. The maximum atomic E-state index is 6.71. The van der Waals surface area contributed by atoms with E-state index in [4.69, 9.17) is 11.5 Å². The van der Waals surface area contributed by atoms with Gasteiger partial charge in [0.25, 0.3) is 0 Å². The lowest BCUT2D eigenvalue weighted by molar-refractivity contribution is 0.155. The Morgan fingerprint density at radius 2 is 1.41 bits per heavy atom. The molecule has 0 saturated heterocycles. The van der Waals surface area contributed by atoms with Crippen LogP contribution in [0.5, 0.6) is 0 Å². The lowest BCUT2D eigenvalue weighted by Crippen LogP contribution is -2.25. The lowest BCUT2D eigenvalue weighted by atomic mass is 9.67. The summed E-state index contributed by atoms with van der Waals surface area (Å²) in [5.74, 6) is 3.62. The predicted octanol–water partition coefficient (Wildman–Crippen LogP) is 8.10. The van der Waals surface area contributed by atoms with E-state index < -0.39 is 0 Å². The van der Waals surface area contributed by atoms with Crippen molar-refractivity contribution in [1.82, 2.24) is 0 Å². The van der Waals surface area contributed by atoms with Gasteiger partial charge in [-0.1, -0.05) is 75.8 Å². The normalized spacial score (nSPS) is 26.2. The molecule has 0 unspecified atom stereocenters. The van der Waals surface area contributed by atoms with Crippen molar-refractivity contribution < 1.29 is 0 Å². The fraction of sp³-hybridized carbons (Fsp3) is 0.600. The molecule has 0 aliphatic heterocycles. The van der Waals surface area contributed by atoms with Crippen LogP contribution in [-0.2, 0) is 6.42 Å². The molecule has 0 heterocycles. The van der Waals surface area contributed by atoms with Gasteiger partial charge in [-0.25, -0.2) is 0 Å². The first-order chi connectivity index (χ1) is 15.6. The number of hydrogen-bond acceptors (Lipinski definition) is 2. The number of para-hydroxylation sites is 1. The zero-order valence-electron chi connectivity index (χ0n) is 20.2. The number of nitrogen functional groups attached to an aromatic ring is 2. The highest BCUT2D eigenvalue weighted by Gasteiger charge is 2.31. The summed E-state index contributed by atoms with van der Waals surface area (Å²) in [7, 11) is 0. The van der Waals surface area contributed by atoms with E-state index in [1.54, 1.807) is 0 Å². The van der Waals surface area contributed by atoms with Gasteiger partial charge < -0.3 is 11.5 Å². The van der Waals surface area contributed by atoms with Gasteiger partial charge in [0.2, 0.25) is 0 Å². The molecule has 0 bridgehead atoms. The standard InChI is InChI=1S/C30H44N2/c1-2-3-4-6-22-9-13-24(14-10-22)25-15-17-26(18-16-25)29-8-5-7-27(30(29)32)21-23-11-19-28(31)20-12-23/h5,7-8,11-12,19-20,22,24-26H,2-4,6,9-10,13-18,21,31-32H2,1H3. The summed E-state index contributed by atoms with van der Waals surface area (Å²) in [6.45, 7) is 2.32. The molecule has 2 heteroatoms. The molecule has 2 aromatic rings. The van der Waals surface area contributed by atoms with Crippen LogP contribution in [0.2, 0.25) is 0 Å². The first kappa shape index (κ1) is 23.2. The van der Waals surface area contributed by atoms with E-state index in [1.807, 2.05) is 12.1 Å². The summed E-state index contributed by atoms with van der Waals surface area (Å²) in [6, 6.07) is 14.9. The largest absolute Gasteiger partial charge is 0.399 e. The minimum Gasteiger partial charge on any atom is -0.399 e. The maximum absolute atomic E-state index is 6.71. The first-order valence-electron chi connectivity index (χ1n) is 13.4. The third-order valence-corrected chi connectivity index (χ3v) is 8.59. The van der Waals surface area contributed by atoms with E-state index in [1.165, 1.54) is 93.7 Å². The van der Waals surface area contributed by atoms with Gasteiger partial charge in [-0.3, -0.25) is 0 Å². The first-order valence-corrected chi connectivity index (χ1v) is 13.4. The molecule has 0 aromatic heterocycles. The Kier molecular flexibility index (Phi) is 8.16. The monoisotopic (exact) mass is 432 g/mol. The van der Waals surface area contributed by atoms with Crippen LogP contribution in [0.25, 0.3) is 0 Å². The summed E-state index contributed by atoms with van der Waals surface area (Å²) in [5.41, 5.74) is 18.3. The van der Waals surface area contributed by atoms with Gasteiger partial charge in [0.15, 0.2) is 0 Å². The third-order valence-electron chi connectivity index (χ3n) is 8.59. The Bertz CT molecular complexity index is 824. The molecule has 2 saturated carbocycles. The second-order valence-electron chi connectivity index (χ2n) is 10.7. The molecular weight excluding hydrogens is 388 g/mol. The molecule has 0 atom stereocenters. The van der Waals surface area contributed by atoms with E-state index >= 15 is 0 Å². The van der Waals surface area contributed by atoms with Crippen molar-refractivity contribution in [2.45, 2.75) is 96.3 Å². The van der Waals surface area contributed by atoms with E-state index in [0.717, 1.165) is 35.5 Å². The highest BCUT2D eigenvalue weighted by atomic mass is 14.6. The molecule has 2 nitrogen and oxygen atoms in total. The van der Waals surface area contributed by atoms with Crippen LogP contribution < -0.4 is 11.5 Å². The number of hydrogen-bond donors (Lipinski definition) is 2. The van der Waals surface area contributed by atoms with Crippen LogP contribution in [0, 0.1) is 17.8 Å². The van der Waals surface area contributed by atoms with Crippen molar-refractivity contribution in [3.63, 3.8) is 0 Å². The zero-order chi connectivity index (χ0) is 22.3. The Morgan fingerprint density at radius 1 is 0.750 bits per heavy atom. The van der Waals surface area contributed by atoms with Gasteiger partial charge in [0, 0.05) is 11.4 Å². The van der Waals surface area contributed by atoms with Gasteiger partial charge in [-0.2, -0.15) is 0 Å². The van der Waals surface area contributed by atoms with Crippen LogP contribution >= 0.6 is 0 Å². The fourth-order valence-corrected chi connectivity index (χ4v) is 6.53. The minimum absolute atomic E-state index is 0.642.